The summed E-state index contributed by atoms with van der Waals surface area (Å²) in [4.78, 5) is 0. The second-order valence-corrected chi connectivity index (χ2v) is 16.7. The van der Waals surface area contributed by atoms with Gasteiger partial charge in [-0.3, -0.25) is 0 Å². The molecular weight excluding hydrogens is 680 g/mol. The van der Waals surface area contributed by atoms with Crippen molar-refractivity contribution in [2.24, 2.45) is 0 Å². The van der Waals surface area contributed by atoms with Gasteiger partial charge in [0, 0.05) is 0 Å². The average molecular weight is 713 g/mol. The smallest absolute Gasteiger partial charge is 0.166 e. The highest BCUT2D eigenvalue weighted by Crippen LogP contribution is 2.39. The maximum absolute atomic E-state index is 13.6. The van der Waals surface area contributed by atoms with Gasteiger partial charge in [-0.2, -0.15) is 26.3 Å². The summed E-state index contributed by atoms with van der Waals surface area (Å²) in [5.74, 6) is 0. The zero-order valence-corrected chi connectivity index (χ0v) is 28.6. The minimum Gasteiger partial charge on any atom is -0.166 e. The Morgan fingerprint density at radius 3 is 1.04 bits per heavy atom. The lowest BCUT2D eigenvalue weighted by Gasteiger charge is -2.26. The first-order valence-corrected chi connectivity index (χ1v) is 19.0. The Hall–Kier alpha value is -4.24. The number of halogens is 6. The summed E-state index contributed by atoms with van der Waals surface area (Å²) in [6.07, 6.45) is -6.08. The summed E-state index contributed by atoms with van der Waals surface area (Å²) in [6.45, 7) is 0. The molecule has 0 aliphatic heterocycles. The van der Waals surface area contributed by atoms with Crippen LogP contribution in [0.4, 0.5) is 26.3 Å². The fourth-order valence-corrected chi connectivity index (χ4v) is 11.6. The van der Waals surface area contributed by atoms with Crippen molar-refractivity contribution in [3.05, 3.63) is 179 Å². The van der Waals surface area contributed by atoms with Crippen LogP contribution < -0.4 is 31.8 Å². The maximum Gasteiger partial charge on any atom is 0.416 e. The summed E-state index contributed by atoms with van der Waals surface area (Å²) in [5, 5.41) is 6.09. The Labute approximate surface area is 290 Å². The van der Waals surface area contributed by atoms with E-state index >= 15 is 0 Å². The summed E-state index contributed by atoms with van der Waals surface area (Å²) >= 11 is 0. The lowest BCUT2D eigenvalue weighted by Crippen LogP contribution is -2.27. The molecule has 0 heterocycles. The van der Waals surface area contributed by atoms with E-state index in [4.69, 9.17) is 0 Å². The first-order chi connectivity index (χ1) is 24.0. The lowest BCUT2D eigenvalue weighted by atomic mass is 9.96. The van der Waals surface area contributed by atoms with Crippen LogP contribution in [0.3, 0.4) is 0 Å². The highest BCUT2D eigenvalue weighted by molar-refractivity contribution is 7.80. The Bertz CT molecular complexity index is 1970. The van der Waals surface area contributed by atoms with Crippen molar-refractivity contribution in [2.45, 2.75) is 38.0 Å². The molecule has 6 aromatic carbocycles. The van der Waals surface area contributed by atoms with Gasteiger partial charge in [0.05, 0.1) is 11.1 Å². The van der Waals surface area contributed by atoms with Gasteiger partial charge in [-0.05, 0) is 120 Å². The molecule has 4 aliphatic carbocycles. The van der Waals surface area contributed by atoms with Crippen molar-refractivity contribution < 1.29 is 26.3 Å². The Morgan fingerprint density at radius 2 is 0.700 bits per heavy atom. The number of rotatable bonds is 6. The third-order valence-electron chi connectivity index (χ3n) is 9.08. The standard InChI is InChI=1S/C42H32F6P2/c43-41(44,45)33-19-23-37(24-20-33)50(38-25-21-34(22-26-38)42(46,47)48)40-28-30-12-11-29-13-15-31(17-18-32(40)16-14-30)39(27-29)49(35-7-3-1-4-8-35)36-9-5-2-6-10-36/h1-10,13-16,19-28H,11-12,17-18H2. The minimum absolute atomic E-state index is 0.652. The van der Waals surface area contributed by atoms with Crippen LogP contribution in [-0.4, -0.2) is 0 Å². The van der Waals surface area contributed by atoms with E-state index in [1.807, 2.05) is 12.1 Å². The highest BCUT2D eigenvalue weighted by Gasteiger charge is 2.32. The van der Waals surface area contributed by atoms with E-state index in [0.717, 1.165) is 60.0 Å². The minimum atomic E-state index is -4.50. The first kappa shape index (κ1) is 34.2. The van der Waals surface area contributed by atoms with E-state index in [-0.39, 0.29) is 0 Å². The van der Waals surface area contributed by atoms with Crippen molar-refractivity contribution in [3.8, 4) is 0 Å². The molecular formula is C42H32F6P2. The van der Waals surface area contributed by atoms with Gasteiger partial charge in [0.25, 0.3) is 0 Å². The van der Waals surface area contributed by atoms with Crippen LogP contribution in [-0.2, 0) is 38.0 Å². The maximum atomic E-state index is 13.6. The molecule has 0 N–H and O–H groups in total. The number of benzene rings is 6. The third-order valence-corrected chi connectivity index (χ3v) is 14.1. The van der Waals surface area contributed by atoms with Crippen LogP contribution >= 0.6 is 15.8 Å². The summed E-state index contributed by atoms with van der Waals surface area (Å²) < 4.78 is 81.4. The predicted octanol–water partition coefficient (Wildman–Crippen LogP) is 9.12. The van der Waals surface area contributed by atoms with Gasteiger partial charge in [0.15, 0.2) is 0 Å². The van der Waals surface area contributed by atoms with Gasteiger partial charge < -0.3 is 0 Å². The van der Waals surface area contributed by atoms with Gasteiger partial charge in [0.2, 0.25) is 0 Å². The molecule has 0 fully saturated rings. The molecule has 50 heavy (non-hydrogen) atoms. The lowest BCUT2D eigenvalue weighted by molar-refractivity contribution is -0.138. The van der Waals surface area contributed by atoms with Gasteiger partial charge in [-0.15, -0.1) is 0 Å². The van der Waals surface area contributed by atoms with E-state index in [9.17, 15) is 26.3 Å². The van der Waals surface area contributed by atoms with Crippen LogP contribution in [0.25, 0.3) is 0 Å². The molecule has 0 unspecified atom stereocenters. The zero-order chi connectivity index (χ0) is 34.9. The summed E-state index contributed by atoms with van der Waals surface area (Å²) in [6, 6.07) is 44.5. The van der Waals surface area contributed by atoms with Gasteiger partial charge in [0.1, 0.15) is 0 Å². The largest absolute Gasteiger partial charge is 0.416 e. The van der Waals surface area contributed by atoms with Crippen LogP contribution in [0.2, 0.25) is 0 Å². The molecule has 8 heteroatoms. The van der Waals surface area contributed by atoms with E-state index in [0.29, 0.717) is 17.0 Å². The van der Waals surface area contributed by atoms with Gasteiger partial charge in [-0.1, -0.05) is 121 Å². The monoisotopic (exact) mass is 712 g/mol. The Kier molecular flexibility index (Phi) is 9.70. The molecule has 0 aromatic heterocycles. The third kappa shape index (κ3) is 7.43. The molecule has 0 saturated heterocycles. The molecule has 0 amide bonds. The fraction of sp³-hybridized carbons (Fsp3) is 0.143. The molecule has 0 saturated carbocycles. The summed E-state index contributed by atoms with van der Waals surface area (Å²) in [5.41, 5.74) is 3.06. The van der Waals surface area contributed by atoms with E-state index in [1.54, 1.807) is 0 Å². The second-order valence-electron chi connectivity index (χ2n) is 12.4. The highest BCUT2D eigenvalue weighted by atomic mass is 31.1. The van der Waals surface area contributed by atoms with E-state index in [1.165, 1.54) is 51.3 Å². The normalized spacial score (nSPS) is 13.4. The van der Waals surface area contributed by atoms with Crippen molar-refractivity contribution in [1.82, 2.24) is 0 Å². The molecule has 0 atom stereocenters. The topological polar surface area (TPSA) is 0 Å². The molecule has 0 radical (unpaired) electrons. The number of hydrogen-bond acceptors (Lipinski definition) is 0. The fourth-order valence-electron chi connectivity index (χ4n) is 6.53. The van der Waals surface area contributed by atoms with Crippen molar-refractivity contribution in [3.63, 3.8) is 0 Å². The van der Waals surface area contributed by atoms with Crippen LogP contribution in [0.5, 0.6) is 0 Å². The molecule has 10 rings (SSSR count). The quantitative estimate of drug-likeness (QED) is 0.119. The molecule has 252 valence electrons. The van der Waals surface area contributed by atoms with Gasteiger partial charge >= 0.3 is 12.4 Å². The van der Waals surface area contributed by atoms with Gasteiger partial charge in [-0.25, -0.2) is 0 Å². The van der Waals surface area contributed by atoms with Crippen LogP contribution in [0.15, 0.2) is 146 Å². The zero-order valence-electron chi connectivity index (χ0n) is 26.8. The molecule has 4 bridgehead atoms. The molecule has 0 spiro atoms. The number of alkyl halides is 6. The second kappa shape index (κ2) is 14.2. The van der Waals surface area contributed by atoms with E-state index < -0.39 is 39.3 Å². The Balaban J connectivity index is 1.34. The summed E-state index contributed by atoms with van der Waals surface area (Å²) in [7, 11) is -2.33. The SMILES string of the molecule is FC(F)(F)c1ccc(P(c2ccc(C(F)(F)F)cc2)c2cc3ccc2CCc2ccc(cc2P(c2ccccc2)c2ccccc2)CC3)cc1. The van der Waals surface area contributed by atoms with Crippen LogP contribution in [0.1, 0.15) is 33.4 Å². The predicted molar refractivity (Wildman–Crippen MR) is 195 cm³/mol. The Morgan fingerprint density at radius 1 is 0.360 bits per heavy atom. The first-order valence-electron chi connectivity index (χ1n) is 16.3. The van der Waals surface area contributed by atoms with Crippen molar-refractivity contribution in [1.29, 1.82) is 0 Å². The molecule has 4 aliphatic rings. The average Bonchev–Trinajstić information content (AvgIpc) is 3.11. The van der Waals surface area contributed by atoms with Crippen molar-refractivity contribution in [2.75, 3.05) is 0 Å². The molecule has 0 nitrogen and oxygen atoms in total. The molecule has 6 aromatic rings. The number of hydrogen-bond donors (Lipinski definition) is 0. The van der Waals surface area contributed by atoms with E-state index in [2.05, 4.69) is 84.9 Å². The number of aryl methyl sites for hydroxylation is 4. The van der Waals surface area contributed by atoms with Crippen LogP contribution in [0, 0.1) is 0 Å². The van der Waals surface area contributed by atoms with Crippen molar-refractivity contribution >= 4 is 47.7 Å².